The van der Waals surface area contributed by atoms with Crippen LogP contribution < -0.4 is 5.32 Å². The molecule has 2 aliphatic rings. The molecule has 1 heterocycles. The van der Waals surface area contributed by atoms with Gasteiger partial charge >= 0.3 is 0 Å². The van der Waals surface area contributed by atoms with Crippen molar-refractivity contribution in [1.29, 1.82) is 0 Å². The third-order valence-corrected chi connectivity index (χ3v) is 3.47. The topological polar surface area (TPSA) is 24.5 Å². The summed E-state index contributed by atoms with van der Waals surface area (Å²) in [4.78, 5) is 2.55. The molecule has 0 spiro atoms. The van der Waals surface area contributed by atoms with Crippen LogP contribution in [-0.4, -0.2) is 50.3 Å². The Bertz CT molecular complexity index is 216. The van der Waals surface area contributed by atoms with E-state index < -0.39 is 0 Å². The van der Waals surface area contributed by atoms with Crippen LogP contribution in [0.25, 0.3) is 0 Å². The van der Waals surface area contributed by atoms with Crippen LogP contribution >= 0.6 is 0 Å². The van der Waals surface area contributed by atoms with Crippen molar-refractivity contribution in [3.05, 3.63) is 12.7 Å². The van der Waals surface area contributed by atoms with Gasteiger partial charge in [0.2, 0.25) is 0 Å². The molecule has 0 aromatic heterocycles. The Labute approximate surface area is 92.5 Å². The fourth-order valence-electron chi connectivity index (χ4n) is 2.38. The van der Waals surface area contributed by atoms with Crippen molar-refractivity contribution >= 4 is 0 Å². The largest absolute Gasteiger partial charge is 0.379 e. The van der Waals surface area contributed by atoms with Crippen LogP contribution in [0.4, 0.5) is 0 Å². The van der Waals surface area contributed by atoms with Gasteiger partial charge in [-0.1, -0.05) is 6.08 Å². The molecule has 2 fully saturated rings. The Kier molecular flexibility index (Phi) is 3.78. The van der Waals surface area contributed by atoms with E-state index in [0.29, 0.717) is 12.0 Å². The van der Waals surface area contributed by atoms with E-state index in [-0.39, 0.29) is 0 Å². The van der Waals surface area contributed by atoms with Crippen molar-refractivity contribution in [3.63, 3.8) is 0 Å². The summed E-state index contributed by atoms with van der Waals surface area (Å²) in [5, 5.41) is 3.34. The van der Waals surface area contributed by atoms with Crippen molar-refractivity contribution in [2.24, 2.45) is 5.92 Å². The van der Waals surface area contributed by atoms with Gasteiger partial charge in [-0.15, -0.1) is 6.58 Å². The summed E-state index contributed by atoms with van der Waals surface area (Å²) in [5.74, 6) is 0.649. The van der Waals surface area contributed by atoms with Crippen LogP contribution in [0, 0.1) is 5.92 Å². The minimum Gasteiger partial charge on any atom is -0.379 e. The van der Waals surface area contributed by atoms with E-state index in [4.69, 9.17) is 4.74 Å². The molecule has 3 nitrogen and oxygen atoms in total. The predicted octanol–water partition coefficient (Wildman–Crippen LogP) is 0.871. The Morgan fingerprint density at radius 2 is 2.27 bits per heavy atom. The fourth-order valence-corrected chi connectivity index (χ4v) is 2.38. The molecule has 1 aliphatic carbocycles. The van der Waals surface area contributed by atoms with Crippen molar-refractivity contribution in [3.8, 4) is 0 Å². The second-order valence-electron chi connectivity index (χ2n) is 4.67. The smallest absolute Gasteiger partial charge is 0.0623 e. The molecule has 2 unspecified atom stereocenters. The second-order valence-corrected chi connectivity index (χ2v) is 4.67. The number of hydrogen-bond acceptors (Lipinski definition) is 3. The number of likely N-dealkylation sites (N-methyl/N-ethyl adjacent to an activating group) is 1. The Hall–Kier alpha value is -0.380. The van der Waals surface area contributed by atoms with Crippen LogP contribution in [-0.2, 0) is 4.74 Å². The first kappa shape index (κ1) is 11.1. The van der Waals surface area contributed by atoms with Crippen LogP contribution in [0.3, 0.4) is 0 Å². The highest BCUT2D eigenvalue weighted by molar-refractivity contribution is 4.92. The molecule has 2 atom stereocenters. The highest BCUT2D eigenvalue weighted by atomic mass is 16.5. The zero-order valence-electron chi connectivity index (χ0n) is 9.61. The number of ether oxygens (including phenoxy) is 1. The van der Waals surface area contributed by atoms with Gasteiger partial charge in [0.25, 0.3) is 0 Å². The first-order chi connectivity index (χ1) is 7.35. The Balaban J connectivity index is 1.84. The molecule has 0 aromatic carbocycles. The van der Waals surface area contributed by atoms with Gasteiger partial charge < -0.3 is 10.1 Å². The van der Waals surface area contributed by atoms with Crippen LogP contribution in [0.5, 0.6) is 0 Å². The average molecular weight is 210 g/mol. The van der Waals surface area contributed by atoms with Crippen LogP contribution in [0.15, 0.2) is 12.7 Å². The number of nitrogens with zero attached hydrogens (tertiary/aromatic N) is 1. The van der Waals surface area contributed by atoms with Crippen molar-refractivity contribution in [1.82, 2.24) is 10.2 Å². The molecular formula is C12H22N2O. The lowest BCUT2D eigenvalue weighted by Crippen LogP contribution is -2.41. The second kappa shape index (κ2) is 5.10. The third-order valence-electron chi connectivity index (χ3n) is 3.47. The fraction of sp³-hybridized carbons (Fsp3) is 0.833. The van der Waals surface area contributed by atoms with Gasteiger partial charge in [0.1, 0.15) is 0 Å². The molecule has 0 radical (unpaired) electrons. The van der Waals surface area contributed by atoms with Gasteiger partial charge in [-0.2, -0.15) is 0 Å². The molecule has 2 rings (SSSR count). The van der Waals surface area contributed by atoms with Crippen molar-refractivity contribution in [2.75, 3.05) is 33.4 Å². The van der Waals surface area contributed by atoms with Gasteiger partial charge in [-0.25, -0.2) is 0 Å². The highest BCUT2D eigenvalue weighted by Gasteiger charge is 2.34. The maximum atomic E-state index is 5.52. The molecule has 3 heteroatoms. The first-order valence-corrected chi connectivity index (χ1v) is 5.95. The van der Waals surface area contributed by atoms with E-state index in [1.54, 1.807) is 0 Å². The molecule has 15 heavy (non-hydrogen) atoms. The van der Waals surface area contributed by atoms with E-state index in [9.17, 15) is 0 Å². The number of rotatable bonds is 6. The average Bonchev–Trinajstić information content (AvgIpc) is 2.99. The molecule has 1 N–H and O–H groups in total. The van der Waals surface area contributed by atoms with E-state index in [1.165, 1.54) is 12.8 Å². The normalized spacial score (nSPS) is 31.1. The van der Waals surface area contributed by atoms with E-state index in [1.807, 2.05) is 13.1 Å². The summed E-state index contributed by atoms with van der Waals surface area (Å²) in [6, 6.07) is 1.36. The minimum atomic E-state index is 0.538. The van der Waals surface area contributed by atoms with Gasteiger partial charge in [-0.05, 0) is 19.9 Å². The summed E-state index contributed by atoms with van der Waals surface area (Å²) < 4.78 is 5.52. The summed E-state index contributed by atoms with van der Waals surface area (Å²) in [5.41, 5.74) is 0. The molecule has 1 aliphatic heterocycles. The monoisotopic (exact) mass is 210 g/mol. The molecule has 86 valence electrons. The molecule has 0 amide bonds. The molecular weight excluding hydrogens is 188 g/mol. The number of hydrogen-bond donors (Lipinski definition) is 1. The standard InChI is InChI=1S/C12H22N2O/c1-3-6-14(11-4-5-11)7-10-8-15-9-12(10)13-2/h3,10-13H,1,4-9H2,2H3. The van der Waals surface area contributed by atoms with Gasteiger partial charge in [0.15, 0.2) is 0 Å². The van der Waals surface area contributed by atoms with E-state index in [0.717, 1.165) is 32.3 Å². The van der Waals surface area contributed by atoms with E-state index in [2.05, 4.69) is 16.8 Å². The Morgan fingerprint density at radius 3 is 2.87 bits per heavy atom. The lowest BCUT2D eigenvalue weighted by Gasteiger charge is -2.26. The minimum absolute atomic E-state index is 0.538. The summed E-state index contributed by atoms with van der Waals surface area (Å²) in [7, 11) is 2.03. The number of nitrogens with one attached hydrogen (secondary N) is 1. The quantitative estimate of drug-likeness (QED) is 0.658. The zero-order chi connectivity index (χ0) is 10.7. The van der Waals surface area contributed by atoms with Crippen LogP contribution in [0.1, 0.15) is 12.8 Å². The zero-order valence-corrected chi connectivity index (χ0v) is 9.61. The predicted molar refractivity (Wildman–Crippen MR) is 61.9 cm³/mol. The van der Waals surface area contributed by atoms with Gasteiger partial charge in [0, 0.05) is 31.1 Å². The molecule has 1 saturated heterocycles. The Morgan fingerprint density at radius 1 is 1.47 bits per heavy atom. The lowest BCUT2D eigenvalue weighted by atomic mass is 10.0. The summed E-state index contributed by atoms with van der Waals surface area (Å²) in [6.07, 6.45) is 4.75. The lowest BCUT2D eigenvalue weighted by molar-refractivity contribution is 0.168. The highest BCUT2D eigenvalue weighted by Crippen LogP contribution is 2.28. The van der Waals surface area contributed by atoms with E-state index >= 15 is 0 Å². The third kappa shape index (κ3) is 2.80. The van der Waals surface area contributed by atoms with Crippen molar-refractivity contribution < 1.29 is 4.74 Å². The molecule has 0 bridgehead atoms. The first-order valence-electron chi connectivity index (χ1n) is 5.95. The maximum absolute atomic E-state index is 5.52. The SMILES string of the molecule is C=CCN(CC1COCC1NC)C1CC1. The summed E-state index contributed by atoms with van der Waals surface area (Å²) in [6.45, 7) is 7.79. The molecule has 0 aromatic rings. The summed E-state index contributed by atoms with van der Waals surface area (Å²) >= 11 is 0. The van der Waals surface area contributed by atoms with Crippen molar-refractivity contribution in [2.45, 2.75) is 24.9 Å². The van der Waals surface area contributed by atoms with Gasteiger partial charge in [-0.3, -0.25) is 4.90 Å². The van der Waals surface area contributed by atoms with Crippen LogP contribution in [0.2, 0.25) is 0 Å². The maximum Gasteiger partial charge on any atom is 0.0623 e. The molecule has 1 saturated carbocycles. The van der Waals surface area contributed by atoms with Gasteiger partial charge in [0.05, 0.1) is 13.2 Å².